The van der Waals surface area contributed by atoms with Crippen LogP contribution in [0.25, 0.3) is 44.3 Å². The smallest absolute Gasteiger partial charge is 0.332 e. The van der Waals surface area contributed by atoms with Gasteiger partial charge in [0.1, 0.15) is 0 Å². The van der Waals surface area contributed by atoms with Crippen LogP contribution in [0.5, 0.6) is 0 Å². The van der Waals surface area contributed by atoms with E-state index in [1.807, 2.05) is 32.2 Å². The van der Waals surface area contributed by atoms with Gasteiger partial charge in [-0.1, -0.05) is 80.6 Å². The monoisotopic (exact) mass is 524 g/mol. The second-order valence-corrected chi connectivity index (χ2v) is 12.5. The summed E-state index contributed by atoms with van der Waals surface area (Å²) in [4.78, 5) is 4.74. The number of fused-ring (bicyclic) bond motifs is 4. The van der Waals surface area contributed by atoms with Crippen LogP contribution in [0.2, 0.25) is 0 Å². The summed E-state index contributed by atoms with van der Waals surface area (Å²) in [5, 5.41) is 12.9. The van der Waals surface area contributed by atoms with Crippen molar-refractivity contribution >= 4 is 23.7 Å². The number of nitrogens with zero attached hydrogens (tertiary/aromatic N) is 1. The molecule has 0 saturated heterocycles. The summed E-state index contributed by atoms with van der Waals surface area (Å²) in [6.45, 7) is 11.9. The minimum atomic E-state index is -0.970. The van der Waals surface area contributed by atoms with E-state index >= 15 is 0 Å². The van der Waals surface area contributed by atoms with E-state index in [1.54, 1.807) is 21.3 Å². The number of pyridine rings is 1. The van der Waals surface area contributed by atoms with Gasteiger partial charge < -0.3 is 9.76 Å². The average Bonchev–Trinajstić information content (AvgIpc) is 3.17. The van der Waals surface area contributed by atoms with Crippen LogP contribution in [-0.2, 0) is 10.1 Å². The highest BCUT2D eigenvalue weighted by Gasteiger charge is 2.37. The number of benzene rings is 4. The Labute approximate surface area is 238 Å². The lowest BCUT2D eigenvalue weighted by Gasteiger charge is -2.37. The van der Waals surface area contributed by atoms with Crippen molar-refractivity contribution < 1.29 is 9.76 Å². The molecule has 0 saturated carbocycles. The third-order valence-corrected chi connectivity index (χ3v) is 8.80. The van der Waals surface area contributed by atoms with Crippen LogP contribution in [0.3, 0.4) is 0 Å². The van der Waals surface area contributed by atoms with Gasteiger partial charge in [-0.3, -0.25) is 4.98 Å². The third kappa shape index (κ3) is 4.56. The maximum atomic E-state index is 10.4. The van der Waals surface area contributed by atoms with Crippen molar-refractivity contribution in [3.63, 3.8) is 0 Å². The Morgan fingerprint density at radius 2 is 1.30 bits per heavy atom. The zero-order chi connectivity index (χ0) is 28.3. The first-order chi connectivity index (χ1) is 18.9. The molecule has 1 aliphatic carbocycles. The molecule has 1 aliphatic rings. The molecule has 4 heteroatoms. The van der Waals surface area contributed by atoms with Crippen LogP contribution in [0, 0.1) is 0 Å². The van der Waals surface area contributed by atoms with Crippen LogP contribution >= 0.6 is 0 Å². The van der Waals surface area contributed by atoms with Gasteiger partial charge in [0, 0.05) is 17.2 Å². The van der Waals surface area contributed by atoms with E-state index in [0.717, 1.165) is 16.7 Å². The first-order valence-corrected chi connectivity index (χ1v) is 13.9. The Hall–Kier alpha value is -3.73. The van der Waals surface area contributed by atoms with Crippen LogP contribution in [-0.4, -0.2) is 28.8 Å². The topological polar surface area (TPSA) is 42.4 Å². The Morgan fingerprint density at radius 3 is 1.95 bits per heavy atom. The van der Waals surface area contributed by atoms with Crippen molar-refractivity contribution in [2.75, 3.05) is 0 Å². The molecule has 1 radical (unpaired) electrons. The molecule has 1 aromatic heterocycles. The number of hydrogen-bond donors (Lipinski definition) is 1. The molecule has 1 N–H and O–H groups in total. The molecule has 0 amide bonds. The first-order valence-electron chi connectivity index (χ1n) is 13.9. The maximum Gasteiger partial charge on any atom is 0.332 e. The molecule has 40 heavy (non-hydrogen) atoms. The predicted octanol–water partition coefficient (Wildman–Crippen LogP) is 7.69. The van der Waals surface area contributed by atoms with Crippen molar-refractivity contribution in [1.82, 2.24) is 4.98 Å². The van der Waals surface area contributed by atoms with Crippen molar-refractivity contribution in [1.29, 1.82) is 0 Å². The van der Waals surface area contributed by atoms with Gasteiger partial charge in [0.25, 0.3) is 0 Å². The van der Waals surface area contributed by atoms with Crippen molar-refractivity contribution in [2.24, 2.45) is 0 Å². The molecule has 3 nitrogen and oxygen atoms in total. The molecule has 5 aromatic rings. The van der Waals surface area contributed by atoms with Crippen LogP contribution < -0.4 is 5.46 Å². The minimum Gasteiger partial charge on any atom is -0.427 e. The lowest BCUT2D eigenvalue weighted by atomic mass is 9.81. The Bertz CT molecular complexity index is 1730. The van der Waals surface area contributed by atoms with Gasteiger partial charge in [0.2, 0.25) is 0 Å². The summed E-state index contributed by atoms with van der Waals surface area (Å²) in [6.07, 6.45) is 1.82. The molecule has 1 heterocycles. The van der Waals surface area contributed by atoms with Gasteiger partial charge in [0.05, 0.1) is 16.9 Å². The van der Waals surface area contributed by atoms with Crippen LogP contribution in [0.15, 0.2) is 97.2 Å². The number of aliphatic hydroxyl groups is 1. The minimum absolute atomic E-state index is 0.127. The number of hydrogen-bond acceptors (Lipinski definition) is 3. The van der Waals surface area contributed by atoms with E-state index in [9.17, 15) is 5.11 Å². The highest BCUT2D eigenvalue weighted by Crippen LogP contribution is 2.50. The second kappa shape index (κ2) is 9.43. The molecule has 0 unspecified atom stereocenters. The highest BCUT2D eigenvalue weighted by molar-refractivity contribution is 6.46. The molecule has 4 aromatic carbocycles. The predicted molar refractivity (Wildman–Crippen MR) is 167 cm³/mol. The molecule has 0 aliphatic heterocycles. The van der Waals surface area contributed by atoms with Gasteiger partial charge in [-0.2, -0.15) is 0 Å². The summed E-state index contributed by atoms with van der Waals surface area (Å²) < 4.78 is 5.90. The lowest BCUT2D eigenvalue weighted by molar-refractivity contribution is -0.0893. The van der Waals surface area contributed by atoms with Crippen LogP contribution in [0.4, 0.5) is 0 Å². The van der Waals surface area contributed by atoms with Crippen molar-refractivity contribution in [3.05, 3.63) is 108 Å². The zero-order valence-electron chi connectivity index (χ0n) is 24.1. The molecular formula is C36H35BNO2. The zero-order valence-corrected chi connectivity index (χ0v) is 24.1. The summed E-state index contributed by atoms with van der Waals surface area (Å²) in [5.74, 6) is 0. The fourth-order valence-corrected chi connectivity index (χ4v) is 5.45. The van der Waals surface area contributed by atoms with E-state index in [0.29, 0.717) is 0 Å². The van der Waals surface area contributed by atoms with Gasteiger partial charge in [-0.25, -0.2) is 0 Å². The Kier molecular flexibility index (Phi) is 6.25. The molecule has 0 bridgehead atoms. The number of rotatable bonds is 6. The molecule has 0 spiro atoms. The van der Waals surface area contributed by atoms with E-state index in [1.165, 1.54) is 44.2 Å². The third-order valence-electron chi connectivity index (χ3n) is 8.80. The van der Waals surface area contributed by atoms with E-state index < -0.39 is 11.2 Å². The summed E-state index contributed by atoms with van der Waals surface area (Å²) in [5.41, 5.74) is 8.82. The fourth-order valence-electron chi connectivity index (χ4n) is 5.45. The average molecular weight is 524 g/mol. The Balaban J connectivity index is 1.27. The second-order valence-electron chi connectivity index (χ2n) is 12.5. The first kappa shape index (κ1) is 26.5. The SMILES string of the molecule is CC1(C)c2cc(-c3ccc4ccccc4c3)ccc2-c2ccc(-c3ccc([B]OC(C)(C)C(C)(C)O)cn3)cc21. The van der Waals surface area contributed by atoms with Gasteiger partial charge in [-0.15, -0.1) is 0 Å². The maximum absolute atomic E-state index is 10.4. The molecule has 199 valence electrons. The van der Waals surface area contributed by atoms with Gasteiger partial charge in [0.15, 0.2) is 0 Å². The fraction of sp³-hybridized carbons (Fsp3) is 0.250. The van der Waals surface area contributed by atoms with E-state index in [-0.39, 0.29) is 5.41 Å². The van der Waals surface area contributed by atoms with Crippen LogP contribution in [0.1, 0.15) is 52.7 Å². The van der Waals surface area contributed by atoms with Crippen molar-refractivity contribution in [3.8, 4) is 33.5 Å². The number of aromatic nitrogens is 1. The summed E-state index contributed by atoms with van der Waals surface area (Å²) >= 11 is 0. The largest absolute Gasteiger partial charge is 0.427 e. The lowest BCUT2D eigenvalue weighted by Crippen LogP contribution is -2.49. The van der Waals surface area contributed by atoms with E-state index in [4.69, 9.17) is 9.64 Å². The molecule has 6 rings (SSSR count). The van der Waals surface area contributed by atoms with Gasteiger partial charge >= 0.3 is 7.48 Å². The quantitative estimate of drug-likeness (QED) is 0.232. The Morgan fingerprint density at radius 1 is 0.700 bits per heavy atom. The molecule has 0 atom stereocenters. The normalized spacial score (nSPS) is 14.2. The highest BCUT2D eigenvalue weighted by atomic mass is 16.5. The standard InChI is InChI=1S/C36H35BNO2/c1-34(2)31-20-26(25-12-11-23-9-7-8-10-24(23)19-25)13-16-29(31)30-17-14-27(21-32(30)34)33-18-15-28(22-38-33)37-40-36(5,6)35(3,4)39/h7-22,39H,1-6H3. The summed E-state index contributed by atoms with van der Waals surface area (Å²) in [7, 11) is 1.67. The van der Waals surface area contributed by atoms with Crippen molar-refractivity contribution in [2.45, 2.75) is 58.2 Å². The molecular weight excluding hydrogens is 489 g/mol. The van der Waals surface area contributed by atoms with Gasteiger partial charge in [-0.05, 0) is 102 Å². The summed E-state index contributed by atoms with van der Waals surface area (Å²) in [6, 6.07) is 32.9. The van der Waals surface area contributed by atoms with E-state index in [2.05, 4.69) is 92.7 Å². The molecule has 0 fully saturated rings.